The summed E-state index contributed by atoms with van der Waals surface area (Å²) in [6.07, 6.45) is 6.99. The van der Waals surface area contributed by atoms with Crippen LogP contribution in [0.4, 0.5) is 0 Å². The number of rotatable bonds is 10. The molecule has 126 valence electrons. The first-order valence-electron chi connectivity index (χ1n) is 8.22. The van der Waals surface area contributed by atoms with E-state index in [0.29, 0.717) is 13.0 Å². The maximum Gasteiger partial charge on any atom is 0.339 e. The highest BCUT2D eigenvalue weighted by Gasteiger charge is 2.26. The number of esters is 2. The van der Waals surface area contributed by atoms with Gasteiger partial charge in [0.1, 0.15) is 0 Å². The summed E-state index contributed by atoms with van der Waals surface area (Å²) in [5, 5.41) is 10.1. The number of hydrogen-bond donors (Lipinski definition) is 1. The lowest BCUT2D eigenvalue weighted by molar-refractivity contribution is -0.151. The van der Waals surface area contributed by atoms with Crippen molar-refractivity contribution in [1.29, 1.82) is 0 Å². The molecule has 0 heterocycles. The lowest BCUT2D eigenvalue weighted by Gasteiger charge is -2.13. The first kappa shape index (κ1) is 18.7. The van der Waals surface area contributed by atoms with Crippen LogP contribution in [0.3, 0.4) is 0 Å². The molecule has 0 amide bonds. The molecule has 1 rings (SSSR count). The van der Waals surface area contributed by atoms with Gasteiger partial charge in [-0.2, -0.15) is 0 Å². The second kappa shape index (κ2) is 10.4. The van der Waals surface area contributed by atoms with E-state index in [1.54, 1.807) is 6.92 Å². The molecule has 0 spiro atoms. The van der Waals surface area contributed by atoms with E-state index < -0.39 is 12.1 Å². The van der Waals surface area contributed by atoms with Crippen LogP contribution in [0.2, 0.25) is 0 Å². The van der Waals surface area contributed by atoms with Crippen LogP contribution < -0.4 is 0 Å². The van der Waals surface area contributed by atoms with Crippen molar-refractivity contribution in [1.82, 2.24) is 0 Å². The number of unbranched alkanes of at least 4 members (excludes halogenated alkanes) is 3. The molecule has 0 aromatic rings. The summed E-state index contributed by atoms with van der Waals surface area (Å²) in [6, 6.07) is 0. The van der Waals surface area contributed by atoms with Gasteiger partial charge in [-0.05, 0) is 51.0 Å². The Morgan fingerprint density at radius 2 is 1.91 bits per heavy atom. The molecule has 0 fully saturated rings. The summed E-state index contributed by atoms with van der Waals surface area (Å²) in [5.41, 5.74) is 2.08. The van der Waals surface area contributed by atoms with E-state index >= 15 is 0 Å². The Kier molecular flexibility index (Phi) is 8.82. The Bertz CT molecular complexity index is 400. The van der Waals surface area contributed by atoms with E-state index in [1.807, 2.05) is 0 Å². The minimum atomic E-state index is -1.09. The molecule has 22 heavy (non-hydrogen) atoms. The standard InChI is InChI=1S/C17H28O5/c1-3-22-17(20)16(19)14-11-8-10-13(14)9-6-4-5-7-12-15(18)21-2/h16,19H,3-12H2,1-2H3. The quantitative estimate of drug-likeness (QED) is 0.381. The van der Waals surface area contributed by atoms with Crippen molar-refractivity contribution in [3.8, 4) is 0 Å². The van der Waals surface area contributed by atoms with Crippen LogP contribution in [-0.2, 0) is 19.1 Å². The zero-order chi connectivity index (χ0) is 16.4. The molecular formula is C17H28O5. The van der Waals surface area contributed by atoms with Gasteiger partial charge in [0.15, 0.2) is 6.10 Å². The minimum Gasteiger partial charge on any atom is -0.469 e. The summed E-state index contributed by atoms with van der Waals surface area (Å²) in [5.74, 6) is -0.687. The van der Waals surface area contributed by atoms with Crippen LogP contribution >= 0.6 is 0 Å². The summed E-state index contributed by atoms with van der Waals surface area (Å²) in [7, 11) is 1.41. The van der Waals surface area contributed by atoms with Crippen molar-refractivity contribution in [3.63, 3.8) is 0 Å². The number of methoxy groups -OCH3 is 1. The monoisotopic (exact) mass is 312 g/mol. The Balaban J connectivity index is 2.32. The lowest BCUT2D eigenvalue weighted by Crippen LogP contribution is -2.25. The minimum absolute atomic E-state index is 0.154. The number of carbonyl (C=O) groups is 2. The molecule has 0 aromatic carbocycles. The van der Waals surface area contributed by atoms with Crippen molar-refractivity contribution in [3.05, 3.63) is 11.1 Å². The van der Waals surface area contributed by atoms with Crippen LogP contribution in [0.15, 0.2) is 11.1 Å². The summed E-state index contributed by atoms with van der Waals surface area (Å²) in [6.45, 7) is 2.03. The normalized spacial score (nSPS) is 15.8. The van der Waals surface area contributed by atoms with Crippen molar-refractivity contribution in [2.75, 3.05) is 13.7 Å². The molecule has 1 unspecified atom stereocenters. The van der Waals surface area contributed by atoms with Gasteiger partial charge in [0.05, 0.1) is 13.7 Å². The number of allylic oxidation sites excluding steroid dienone is 1. The zero-order valence-corrected chi connectivity index (χ0v) is 13.7. The van der Waals surface area contributed by atoms with E-state index in [0.717, 1.165) is 56.9 Å². The predicted octanol–water partition coefficient (Wildman–Crippen LogP) is 2.90. The Morgan fingerprint density at radius 1 is 1.18 bits per heavy atom. The third-order valence-electron chi connectivity index (χ3n) is 4.06. The number of hydrogen-bond acceptors (Lipinski definition) is 5. The van der Waals surface area contributed by atoms with Gasteiger partial charge < -0.3 is 14.6 Å². The fourth-order valence-corrected chi connectivity index (χ4v) is 2.87. The van der Waals surface area contributed by atoms with E-state index in [9.17, 15) is 14.7 Å². The summed E-state index contributed by atoms with van der Waals surface area (Å²) < 4.78 is 9.49. The molecule has 1 aliphatic carbocycles. The van der Waals surface area contributed by atoms with Gasteiger partial charge in [0, 0.05) is 6.42 Å². The SMILES string of the molecule is CCOC(=O)C(O)C1=C(CCCCCCC(=O)OC)CCC1. The number of aliphatic hydroxyl groups excluding tert-OH is 1. The third-order valence-corrected chi connectivity index (χ3v) is 4.06. The topological polar surface area (TPSA) is 72.8 Å². The molecule has 1 aliphatic rings. The Labute approximate surface area is 132 Å². The highest BCUT2D eigenvalue weighted by molar-refractivity contribution is 5.78. The van der Waals surface area contributed by atoms with Crippen LogP contribution in [0.25, 0.3) is 0 Å². The molecule has 0 bridgehead atoms. The number of aliphatic hydroxyl groups is 1. The van der Waals surface area contributed by atoms with Gasteiger partial charge in [-0.25, -0.2) is 4.79 Å². The van der Waals surface area contributed by atoms with E-state index in [4.69, 9.17) is 4.74 Å². The molecule has 0 aromatic heterocycles. The van der Waals surface area contributed by atoms with Crippen LogP contribution in [0.1, 0.15) is 64.7 Å². The number of ether oxygens (including phenoxy) is 2. The van der Waals surface area contributed by atoms with Crippen LogP contribution in [-0.4, -0.2) is 36.9 Å². The molecule has 0 saturated heterocycles. The number of carbonyl (C=O) groups excluding carboxylic acids is 2. The van der Waals surface area contributed by atoms with Crippen molar-refractivity contribution in [2.24, 2.45) is 0 Å². The Morgan fingerprint density at radius 3 is 2.59 bits per heavy atom. The second-order valence-electron chi connectivity index (χ2n) is 5.63. The molecule has 5 nitrogen and oxygen atoms in total. The van der Waals surface area contributed by atoms with Crippen LogP contribution in [0, 0.1) is 0 Å². The smallest absolute Gasteiger partial charge is 0.339 e. The lowest BCUT2D eigenvalue weighted by atomic mass is 9.99. The highest BCUT2D eigenvalue weighted by Crippen LogP contribution is 2.32. The fourth-order valence-electron chi connectivity index (χ4n) is 2.87. The van der Waals surface area contributed by atoms with Gasteiger partial charge >= 0.3 is 11.9 Å². The molecule has 5 heteroatoms. The highest BCUT2D eigenvalue weighted by atomic mass is 16.5. The molecule has 1 N–H and O–H groups in total. The summed E-state index contributed by atoms with van der Waals surface area (Å²) >= 11 is 0. The molecule has 0 saturated carbocycles. The molecule has 0 aliphatic heterocycles. The van der Waals surface area contributed by atoms with Crippen molar-refractivity contribution >= 4 is 11.9 Å². The largest absolute Gasteiger partial charge is 0.469 e. The third kappa shape index (κ3) is 6.18. The predicted molar refractivity (Wildman–Crippen MR) is 83.2 cm³/mol. The molecule has 1 atom stereocenters. The van der Waals surface area contributed by atoms with Gasteiger partial charge in [-0.1, -0.05) is 18.4 Å². The summed E-state index contributed by atoms with van der Waals surface area (Å²) in [4.78, 5) is 22.6. The maximum atomic E-state index is 11.6. The fraction of sp³-hybridized carbons (Fsp3) is 0.765. The van der Waals surface area contributed by atoms with E-state index in [1.165, 1.54) is 12.7 Å². The van der Waals surface area contributed by atoms with Gasteiger partial charge in [-0.15, -0.1) is 0 Å². The molecule has 0 radical (unpaired) electrons. The van der Waals surface area contributed by atoms with Gasteiger partial charge in [-0.3, -0.25) is 4.79 Å². The van der Waals surface area contributed by atoms with Gasteiger partial charge in [0.25, 0.3) is 0 Å². The first-order valence-corrected chi connectivity index (χ1v) is 8.22. The average molecular weight is 312 g/mol. The second-order valence-corrected chi connectivity index (χ2v) is 5.63. The van der Waals surface area contributed by atoms with Crippen LogP contribution in [0.5, 0.6) is 0 Å². The average Bonchev–Trinajstić information content (AvgIpc) is 2.98. The van der Waals surface area contributed by atoms with E-state index in [2.05, 4.69) is 4.74 Å². The van der Waals surface area contributed by atoms with Gasteiger partial charge in [0.2, 0.25) is 0 Å². The maximum absolute atomic E-state index is 11.6. The molecular weight excluding hydrogens is 284 g/mol. The van der Waals surface area contributed by atoms with Crippen molar-refractivity contribution < 1.29 is 24.2 Å². The van der Waals surface area contributed by atoms with E-state index in [-0.39, 0.29) is 5.97 Å². The van der Waals surface area contributed by atoms with Crippen molar-refractivity contribution in [2.45, 2.75) is 70.8 Å². The first-order chi connectivity index (χ1) is 10.6. The zero-order valence-electron chi connectivity index (χ0n) is 13.7. The Hall–Kier alpha value is -1.36.